The van der Waals surface area contributed by atoms with Gasteiger partial charge in [0.2, 0.25) is 5.95 Å². The number of methoxy groups -OCH3 is 1. The molecule has 4 atom stereocenters. The van der Waals surface area contributed by atoms with Crippen molar-refractivity contribution >= 4 is 43.9 Å². The standard InChI is InChI=1S/C27H34F2N6O4S/c1-17-18(16-40(3,36)37)14-35(17)23-5-4-21(28)19-12-26(31-13-20(19)23)32-25-6-8-30-27(33-25)34-9-7-24(22(29)15-34)39-11-10-38-2/h4-6,8,12-13,17-18,22,24H,7,9-11,14-16H2,1-3H3,(H,30,31,32,33)/t17-,18-,22-,24+/m1/s1. The van der Waals surface area contributed by atoms with E-state index in [0.717, 1.165) is 5.69 Å². The molecular weight excluding hydrogens is 542 g/mol. The molecule has 2 aliphatic rings. The molecule has 1 aromatic carbocycles. The summed E-state index contributed by atoms with van der Waals surface area (Å²) in [5.41, 5.74) is 0.812. The quantitative estimate of drug-likeness (QED) is 0.361. The molecule has 0 aliphatic carbocycles. The van der Waals surface area contributed by atoms with Crippen LogP contribution >= 0.6 is 0 Å². The minimum Gasteiger partial charge on any atom is -0.382 e. The molecule has 40 heavy (non-hydrogen) atoms. The molecule has 0 saturated carbocycles. The van der Waals surface area contributed by atoms with Crippen molar-refractivity contribution in [3.05, 3.63) is 42.5 Å². The van der Waals surface area contributed by atoms with Crippen LogP contribution in [0.15, 0.2) is 36.7 Å². The summed E-state index contributed by atoms with van der Waals surface area (Å²) >= 11 is 0. The molecular formula is C27H34F2N6O4S. The van der Waals surface area contributed by atoms with Gasteiger partial charge in [-0.1, -0.05) is 0 Å². The highest BCUT2D eigenvalue weighted by atomic mass is 32.2. The van der Waals surface area contributed by atoms with Gasteiger partial charge in [-0.15, -0.1) is 0 Å². The van der Waals surface area contributed by atoms with E-state index < -0.39 is 27.9 Å². The zero-order chi connectivity index (χ0) is 28.4. The maximum Gasteiger partial charge on any atom is 0.227 e. The molecule has 2 aromatic heterocycles. The molecule has 13 heteroatoms. The van der Waals surface area contributed by atoms with Crippen LogP contribution in [0.25, 0.3) is 10.8 Å². The van der Waals surface area contributed by atoms with Gasteiger partial charge in [-0.25, -0.2) is 27.2 Å². The summed E-state index contributed by atoms with van der Waals surface area (Å²) in [5.74, 6) is 0.988. The van der Waals surface area contributed by atoms with E-state index in [1.165, 1.54) is 12.3 Å². The normalized spacial score (nSPS) is 23.3. The first-order chi connectivity index (χ1) is 19.1. The first kappa shape index (κ1) is 28.4. The number of hydrogen-bond acceptors (Lipinski definition) is 10. The largest absolute Gasteiger partial charge is 0.382 e. The number of pyridine rings is 1. The molecule has 10 nitrogen and oxygen atoms in total. The third-order valence-electron chi connectivity index (χ3n) is 7.54. The van der Waals surface area contributed by atoms with E-state index in [2.05, 4.69) is 25.2 Å². The van der Waals surface area contributed by atoms with Crippen molar-refractivity contribution in [1.29, 1.82) is 0 Å². The average molecular weight is 577 g/mol. The van der Waals surface area contributed by atoms with Gasteiger partial charge in [0.05, 0.1) is 31.6 Å². The molecule has 1 N–H and O–H groups in total. The Hall–Kier alpha value is -3.16. The fourth-order valence-corrected chi connectivity index (χ4v) is 6.49. The van der Waals surface area contributed by atoms with Gasteiger partial charge in [-0.05, 0) is 37.6 Å². The Kier molecular flexibility index (Phi) is 8.34. The van der Waals surface area contributed by atoms with Crippen molar-refractivity contribution in [2.75, 3.05) is 67.1 Å². The number of benzene rings is 1. The number of nitrogens with one attached hydrogen (secondary N) is 1. The van der Waals surface area contributed by atoms with E-state index >= 15 is 0 Å². The molecule has 2 aliphatic heterocycles. The van der Waals surface area contributed by atoms with Crippen molar-refractivity contribution in [3.63, 3.8) is 0 Å². The number of piperidine rings is 1. The van der Waals surface area contributed by atoms with Crippen LogP contribution in [0, 0.1) is 11.7 Å². The summed E-state index contributed by atoms with van der Waals surface area (Å²) in [6, 6.07) is 6.41. The molecule has 0 amide bonds. The Morgan fingerprint density at radius 2 is 1.95 bits per heavy atom. The molecule has 0 unspecified atom stereocenters. The predicted molar refractivity (Wildman–Crippen MR) is 150 cm³/mol. The highest BCUT2D eigenvalue weighted by Gasteiger charge is 2.38. The fraction of sp³-hybridized carbons (Fsp3) is 0.519. The Morgan fingerprint density at radius 1 is 1.12 bits per heavy atom. The van der Waals surface area contributed by atoms with Crippen molar-refractivity contribution < 1.29 is 26.7 Å². The lowest BCUT2D eigenvalue weighted by Crippen LogP contribution is -2.57. The Labute approximate surface area is 232 Å². The number of anilines is 4. The first-order valence-electron chi connectivity index (χ1n) is 13.2. The second kappa shape index (κ2) is 11.8. The fourth-order valence-electron chi connectivity index (χ4n) is 5.33. The summed E-state index contributed by atoms with van der Waals surface area (Å²) in [7, 11) is -1.50. The molecule has 216 valence electrons. The van der Waals surface area contributed by atoms with Crippen molar-refractivity contribution in [2.45, 2.75) is 31.7 Å². The van der Waals surface area contributed by atoms with Crippen molar-refractivity contribution in [3.8, 4) is 0 Å². The zero-order valence-corrected chi connectivity index (χ0v) is 23.6. The zero-order valence-electron chi connectivity index (χ0n) is 22.8. The Balaban J connectivity index is 1.29. The average Bonchev–Trinajstić information content (AvgIpc) is 2.92. The van der Waals surface area contributed by atoms with Gasteiger partial charge in [-0.3, -0.25) is 0 Å². The van der Waals surface area contributed by atoms with E-state index in [9.17, 15) is 17.2 Å². The summed E-state index contributed by atoms with van der Waals surface area (Å²) < 4.78 is 63.6. The number of alkyl halides is 1. The van der Waals surface area contributed by atoms with Crippen LogP contribution in [0.5, 0.6) is 0 Å². The van der Waals surface area contributed by atoms with Crippen LogP contribution in [0.3, 0.4) is 0 Å². The number of rotatable bonds is 10. The van der Waals surface area contributed by atoms with Gasteiger partial charge in [0, 0.05) is 67.3 Å². The van der Waals surface area contributed by atoms with Gasteiger partial charge >= 0.3 is 0 Å². The summed E-state index contributed by atoms with van der Waals surface area (Å²) in [6.07, 6.45) is 3.27. The van der Waals surface area contributed by atoms with Gasteiger partial charge in [0.1, 0.15) is 33.5 Å². The lowest BCUT2D eigenvalue weighted by Gasteiger charge is -2.48. The van der Waals surface area contributed by atoms with Crippen LogP contribution in [0.2, 0.25) is 0 Å². The van der Waals surface area contributed by atoms with Crippen molar-refractivity contribution in [1.82, 2.24) is 15.0 Å². The van der Waals surface area contributed by atoms with Crippen LogP contribution < -0.4 is 15.1 Å². The molecule has 2 saturated heterocycles. The number of aromatic nitrogens is 3. The molecule has 0 bridgehead atoms. The smallest absolute Gasteiger partial charge is 0.227 e. The highest BCUT2D eigenvalue weighted by Crippen LogP contribution is 2.38. The lowest BCUT2D eigenvalue weighted by atomic mass is 9.90. The predicted octanol–water partition coefficient (Wildman–Crippen LogP) is 3.36. The second-order valence-corrected chi connectivity index (χ2v) is 12.6. The molecule has 5 rings (SSSR count). The summed E-state index contributed by atoms with van der Waals surface area (Å²) in [6.45, 7) is 3.98. The Morgan fingerprint density at radius 3 is 2.67 bits per heavy atom. The SMILES string of the molecule is COCCO[C@H]1CCN(c2nccc(Nc3cc4c(F)ccc(N5C[C@H](CS(C)(=O)=O)[C@H]5C)c4cn3)n2)C[C@H]1F. The van der Waals surface area contributed by atoms with E-state index in [1.807, 2.05) is 6.92 Å². The molecule has 0 radical (unpaired) electrons. The maximum absolute atomic E-state index is 14.9. The number of fused-ring (bicyclic) bond motifs is 1. The first-order valence-corrected chi connectivity index (χ1v) is 15.3. The number of sulfone groups is 1. The van der Waals surface area contributed by atoms with Gasteiger partial charge in [0.15, 0.2) is 0 Å². The lowest BCUT2D eigenvalue weighted by molar-refractivity contribution is -0.0319. The number of nitrogens with zero attached hydrogens (tertiary/aromatic N) is 5. The Bertz CT molecular complexity index is 1460. The molecule has 4 heterocycles. The topological polar surface area (TPSA) is 110 Å². The van der Waals surface area contributed by atoms with Crippen LogP contribution in [0.1, 0.15) is 13.3 Å². The van der Waals surface area contributed by atoms with Gasteiger partial charge in [0.25, 0.3) is 0 Å². The minimum atomic E-state index is -3.08. The second-order valence-electron chi connectivity index (χ2n) is 10.4. The summed E-state index contributed by atoms with van der Waals surface area (Å²) in [5, 5.41) is 4.14. The maximum atomic E-state index is 14.9. The minimum absolute atomic E-state index is 0.00605. The van der Waals surface area contributed by atoms with Gasteiger partial charge < -0.3 is 24.6 Å². The number of hydrogen-bond donors (Lipinski definition) is 1. The monoisotopic (exact) mass is 576 g/mol. The summed E-state index contributed by atoms with van der Waals surface area (Å²) in [4.78, 5) is 17.2. The molecule has 3 aromatic rings. The van der Waals surface area contributed by atoms with E-state index in [4.69, 9.17) is 9.47 Å². The van der Waals surface area contributed by atoms with Crippen molar-refractivity contribution in [2.24, 2.45) is 5.92 Å². The van der Waals surface area contributed by atoms with Crippen LogP contribution in [-0.4, -0.2) is 93.7 Å². The molecule has 2 fully saturated rings. The van der Waals surface area contributed by atoms with E-state index in [1.54, 1.807) is 42.6 Å². The van der Waals surface area contributed by atoms with Gasteiger partial charge in [-0.2, -0.15) is 4.98 Å². The highest BCUT2D eigenvalue weighted by molar-refractivity contribution is 7.90. The number of ether oxygens (including phenoxy) is 2. The van der Waals surface area contributed by atoms with Crippen LogP contribution in [-0.2, 0) is 19.3 Å². The third kappa shape index (κ3) is 6.26. The van der Waals surface area contributed by atoms with E-state index in [-0.39, 0.29) is 24.3 Å². The number of halogens is 2. The molecule has 0 spiro atoms. The third-order valence-corrected chi connectivity index (χ3v) is 8.57. The van der Waals surface area contributed by atoms with Crippen LogP contribution in [0.4, 0.5) is 32.1 Å². The van der Waals surface area contributed by atoms with E-state index in [0.29, 0.717) is 61.1 Å².